The molecule has 1 aromatic rings. The molecule has 0 bridgehead atoms. The number of nitrogens with one attached hydrogen (secondary N) is 2. The molecule has 6 nitrogen and oxygen atoms in total. The summed E-state index contributed by atoms with van der Waals surface area (Å²) in [6, 6.07) is 9.37. The van der Waals surface area contributed by atoms with Crippen molar-refractivity contribution in [3.63, 3.8) is 0 Å². The second kappa shape index (κ2) is 5.07. The van der Waals surface area contributed by atoms with Crippen molar-refractivity contribution in [2.75, 3.05) is 19.7 Å². The van der Waals surface area contributed by atoms with Crippen LogP contribution in [0.15, 0.2) is 30.3 Å². The van der Waals surface area contributed by atoms with Gasteiger partial charge in [-0.2, -0.15) is 0 Å². The number of carbonyl (C=O) groups excluding carboxylic acids is 2. The standard InChI is InChI=1S/C16H19N3O3/c20-14-8-17-10-16(11-4-2-1-3-5-11)19(14)13(9-22-16)15(21)18-12-6-7-12/h1-5,12-13,17H,6-10H2,(H,18,21)/t13-,16+/m0/s1. The zero-order valence-electron chi connectivity index (χ0n) is 12.2. The highest BCUT2D eigenvalue weighted by Gasteiger charge is 2.55. The van der Waals surface area contributed by atoms with Gasteiger partial charge in [-0.1, -0.05) is 30.3 Å². The van der Waals surface area contributed by atoms with Crippen LogP contribution in [-0.2, 0) is 20.1 Å². The summed E-state index contributed by atoms with van der Waals surface area (Å²) in [5.41, 5.74) is 0.0274. The predicted octanol–water partition coefficient (Wildman–Crippen LogP) is -0.0514. The van der Waals surface area contributed by atoms with E-state index >= 15 is 0 Å². The highest BCUT2D eigenvalue weighted by atomic mass is 16.5. The molecule has 2 saturated heterocycles. The van der Waals surface area contributed by atoms with Crippen LogP contribution >= 0.6 is 0 Å². The minimum absolute atomic E-state index is 0.0939. The summed E-state index contributed by atoms with van der Waals surface area (Å²) >= 11 is 0. The lowest BCUT2D eigenvalue weighted by molar-refractivity contribution is -0.161. The maximum atomic E-state index is 12.5. The minimum Gasteiger partial charge on any atom is -0.351 e. The molecule has 1 saturated carbocycles. The van der Waals surface area contributed by atoms with E-state index in [2.05, 4.69) is 10.6 Å². The van der Waals surface area contributed by atoms with E-state index in [9.17, 15) is 9.59 Å². The molecule has 0 unspecified atom stereocenters. The van der Waals surface area contributed by atoms with Gasteiger partial charge in [0.05, 0.1) is 13.2 Å². The first kappa shape index (κ1) is 13.7. The highest BCUT2D eigenvalue weighted by molar-refractivity contribution is 5.90. The number of amides is 2. The Morgan fingerprint density at radius 2 is 2.09 bits per heavy atom. The van der Waals surface area contributed by atoms with Crippen LogP contribution in [0.3, 0.4) is 0 Å². The van der Waals surface area contributed by atoms with Crippen LogP contribution in [0.2, 0.25) is 0 Å². The molecule has 4 rings (SSSR count). The van der Waals surface area contributed by atoms with E-state index < -0.39 is 11.8 Å². The van der Waals surface area contributed by atoms with Gasteiger partial charge in [-0.15, -0.1) is 0 Å². The third kappa shape index (κ3) is 2.10. The summed E-state index contributed by atoms with van der Waals surface area (Å²) in [5.74, 6) is -0.195. The smallest absolute Gasteiger partial charge is 0.245 e. The summed E-state index contributed by atoms with van der Waals surface area (Å²) in [7, 11) is 0. The first-order valence-electron chi connectivity index (χ1n) is 7.73. The highest BCUT2D eigenvalue weighted by Crippen LogP contribution is 2.39. The quantitative estimate of drug-likeness (QED) is 0.821. The van der Waals surface area contributed by atoms with Gasteiger partial charge in [-0.25, -0.2) is 0 Å². The lowest BCUT2D eigenvalue weighted by atomic mass is 9.98. The molecule has 3 fully saturated rings. The summed E-state index contributed by atoms with van der Waals surface area (Å²) < 4.78 is 6.02. The molecule has 2 amide bonds. The van der Waals surface area contributed by atoms with Gasteiger partial charge in [0.25, 0.3) is 0 Å². The molecule has 2 aliphatic heterocycles. The second-order valence-corrected chi connectivity index (χ2v) is 6.13. The van der Waals surface area contributed by atoms with Gasteiger partial charge in [0, 0.05) is 18.2 Å². The third-order valence-corrected chi connectivity index (χ3v) is 4.54. The van der Waals surface area contributed by atoms with E-state index in [-0.39, 0.29) is 31.0 Å². The Balaban J connectivity index is 1.68. The molecule has 116 valence electrons. The van der Waals surface area contributed by atoms with Crippen LogP contribution in [0.25, 0.3) is 0 Å². The fraction of sp³-hybridized carbons (Fsp3) is 0.500. The SMILES string of the molecule is O=C(NC1CC1)[C@@H]1CO[C@@]2(c3ccccc3)CNCC(=O)N12. The molecule has 2 N–H and O–H groups in total. The lowest BCUT2D eigenvalue weighted by Gasteiger charge is -2.42. The third-order valence-electron chi connectivity index (χ3n) is 4.54. The molecule has 1 aromatic carbocycles. The van der Waals surface area contributed by atoms with E-state index in [0.717, 1.165) is 18.4 Å². The van der Waals surface area contributed by atoms with E-state index in [4.69, 9.17) is 4.74 Å². The number of ether oxygens (including phenoxy) is 1. The van der Waals surface area contributed by atoms with E-state index in [1.807, 2.05) is 30.3 Å². The summed E-state index contributed by atoms with van der Waals surface area (Å²) in [4.78, 5) is 26.6. The summed E-state index contributed by atoms with van der Waals surface area (Å²) in [5, 5.41) is 6.09. The monoisotopic (exact) mass is 301 g/mol. The van der Waals surface area contributed by atoms with Crippen molar-refractivity contribution in [3.05, 3.63) is 35.9 Å². The number of carbonyl (C=O) groups is 2. The van der Waals surface area contributed by atoms with Crippen LogP contribution in [-0.4, -0.2) is 48.5 Å². The van der Waals surface area contributed by atoms with Gasteiger partial charge in [-0.05, 0) is 12.8 Å². The van der Waals surface area contributed by atoms with Crippen LogP contribution < -0.4 is 10.6 Å². The Hall–Kier alpha value is -1.92. The maximum Gasteiger partial charge on any atom is 0.245 e. The fourth-order valence-electron chi connectivity index (χ4n) is 3.29. The molecule has 3 aliphatic rings. The van der Waals surface area contributed by atoms with Crippen LogP contribution in [0, 0.1) is 0 Å². The van der Waals surface area contributed by atoms with Gasteiger partial charge < -0.3 is 15.4 Å². The Morgan fingerprint density at radius 3 is 2.82 bits per heavy atom. The number of hydrogen-bond acceptors (Lipinski definition) is 4. The van der Waals surface area contributed by atoms with Crippen molar-refractivity contribution in [2.45, 2.75) is 30.7 Å². The Labute approximate surface area is 128 Å². The number of hydrogen-bond donors (Lipinski definition) is 2. The largest absolute Gasteiger partial charge is 0.351 e. The molecule has 2 heterocycles. The number of piperazine rings is 1. The summed E-state index contributed by atoms with van der Waals surface area (Å²) in [6.45, 7) is 0.974. The van der Waals surface area contributed by atoms with E-state index in [1.165, 1.54) is 0 Å². The van der Waals surface area contributed by atoms with Gasteiger partial charge in [0.1, 0.15) is 6.04 Å². The normalized spacial score (nSPS) is 31.0. The zero-order valence-corrected chi connectivity index (χ0v) is 12.2. The van der Waals surface area contributed by atoms with Crippen molar-refractivity contribution >= 4 is 11.8 Å². The van der Waals surface area contributed by atoms with E-state index in [0.29, 0.717) is 6.54 Å². The van der Waals surface area contributed by atoms with Crippen molar-refractivity contribution in [3.8, 4) is 0 Å². The molecule has 6 heteroatoms. The van der Waals surface area contributed by atoms with Gasteiger partial charge >= 0.3 is 0 Å². The number of nitrogens with zero attached hydrogens (tertiary/aromatic N) is 1. The second-order valence-electron chi connectivity index (χ2n) is 6.13. The van der Waals surface area contributed by atoms with Gasteiger partial charge in [-0.3, -0.25) is 14.5 Å². The Bertz CT molecular complexity index is 602. The molecule has 1 aliphatic carbocycles. The molecular formula is C16H19N3O3. The Kier molecular flexibility index (Phi) is 3.16. The minimum atomic E-state index is -0.873. The number of rotatable bonds is 3. The topological polar surface area (TPSA) is 70.7 Å². The van der Waals surface area contributed by atoms with Crippen LogP contribution in [0.5, 0.6) is 0 Å². The zero-order chi connectivity index (χ0) is 15.2. The maximum absolute atomic E-state index is 12.5. The van der Waals surface area contributed by atoms with Gasteiger partial charge in [0.2, 0.25) is 11.8 Å². The molecule has 0 spiro atoms. The number of fused-ring (bicyclic) bond motifs is 1. The van der Waals surface area contributed by atoms with Crippen LogP contribution in [0.1, 0.15) is 18.4 Å². The first-order chi connectivity index (χ1) is 10.7. The molecular weight excluding hydrogens is 282 g/mol. The molecule has 2 atom stereocenters. The average molecular weight is 301 g/mol. The molecule has 0 radical (unpaired) electrons. The van der Waals surface area contributed by atoms with Crippen molar-refractivity contribution in [1.29, 1.82) is 0 Å². The number of benzene rings is 1. The molecule has 22 heavy (non-hydrogen) atoms. The van der Waals surface area contributed by atoms with Crippen molar-refractivity contribution < 1.29 is 14.3 Å². The van der Waals surface area contributed by atoms with Gasteiger partial charge in [0.15, 0.2) is 5.72 Å². The summed E-state index contributed by atoms with van der Waals surface area (Å²) in [6.07, 6.45) is 2.05. The lowest BCUT2D eigenvalue weighted by Crippen LogP contribution is -2.63. The van der Waals surface area contributed by atoms with Crippen LogP contribution in [0.4, 0.5) is 0 Å². The first-order valence-corrected chi connectivity index (χ1v) is 7.73. The average Bonchev–Trinajstić information content (AvgIpc) is 3.25. The fourth-order valence-corrected chi connectivity index (χ4v) is 3.29. The van der Waals surface area contributed by atoms with E-state index in [1.54, 1.807) is 4.90 Å². The van der Waals surface area contributed by atoms with Crippen molar-refractivity contribution in [1.82, 2.24) is 15.5 Å². The van der Waals surface area contributed by atoms with Crippen molar-refractivity contribution in [2.24, 2.45) is 0 Å². The Morgan fingerprint density at radius 1 is 1.32 bits per heavy atom. The molecule has 0 aromatic heterocycles. The predicted molar refractivity (Wildman–Crippen MR) is 78.7 cm³/mol.